The molecule has 5 nitrogen and oxygen atoms in total. The Kier molecular flexibility index (Phi) is 2.70. The minimum atomic E-state index is -0.223. The summed E-state index contributed by atoms with van der Waals surface area (Å²) in [7, 11) is 0. The molecule has 0 atom stereocenters. The van der Waals surface area contributed by atoms with Crippen LogP contribution in [0.4, 0.5) is 0 Å². The van der Waals surface area contributed by atoms with Crippen molar-refractivity contribution in [1.82, 2.24) is 4.90 Å². The van der Waals surface area contributed by atoms with Gasteiger partial charge in [0, 0.05) is 19.0 Å². The van der Waals surface area contributed by atoms with E-state index in [0.717, 1.165) is 25.9 Å². The third kappa shape index (κ3) is 2.16. The standard InChI is InChI=1S/C10H14N2O3/c1-7(13)8-2-4-12(5-3-8)10-11-9(14)6-15-10/h8H,2-6H2,1H3. The van der Waals surface area contributed by atoms with Gasteiger partial charge in [-0.05, 0) is 19.8 Å². The summed E-state index contributed by atoms with van der Waals surface area (Å²) in [4.78, 5) is 27.7. The third-order valence-electron chi connectivity index (χ3n) is 2.89. The first-order valence-electron chi connectivity index (χ1n) is 5.16. The van der Waals surface area contributed by atoms with Crippen molar-refractivity contribution in [3.63, 3.8) is 0 Å². The van der Waals surface area contributed by atoms with Crippen molar-refractivity contribution >= 4 is 17.7 Å². The Morgan fingerprint density at radius 1 is 1.47 bits per heavy atom. The number of ketones is 1. The van der Waals surface area contributed by atoms with Crippen molar-refractivity contribution in [3.05, 3.63) is 0 Å². The maximum absolute atomic E-state index is 11.1. The molecule has 2 rings (SSSR count). The molecule has 0 saturated carbocycles. The van der Waals surface area contributed by atoms with Crippen molar-refractivity contribution in [2.75, 3.05) is 19.7 Å². The number of hydrogen-bond donors (Lipinski definition) is 0. The van der Waals surface area contributed by atoms with E-state index < -0.39 is 0 Å². The van der Waals surface area contributed by atoms with Crippen molar-refractivity contribution in [2.24, 2.45) is 10.9 Å². The molecule has 1 saturated heterocycles. The fraction of sp³-hybridized carbons (Fsp3) is 0.700. The average Bonchev–Trinajstić information content (AvgIpc) is 2.65. The van der Waals surface area contributed by atoms with E-state index in [9.17, 15) is 9.59 Å². The molecule has 0 unspecified atom stereocenters. The van der Waals surface area contributed by atoms with Gasteiger partial charge < -0.3 is 9.64 Å². The Balaban J connectivity index is 1.91. The molecule has 0 aromatic heterocycles. The van der Waals surface area contributed by atoms with Gasteiger partial charge in [0.05, 0.1) is 0 Å². The largest absolute Gasteiger partial charge is 0.455 e. The SMILES string of the molecule is CC(=O)C1CCN(C2=NC(=O)CO2)CC1. The lowest BCUT2D eigenvalue weighted by Gasteiger charge is -2.30. The first-order valence-corrected chi connectivity index (χ1v) is 5.16. The summed E-state index contributed by atoms with van der Waals surface area (Å²) in [5.74, 6) is 0.192. The lowest BCUT2D eigenvalue weighted by atomic mass is 9.94. The summed E-state index contributed by atoms with van der Waals surface area (Å²) in [5.41, 5.74) is 0. The number of rotatable bonds is 1. The summed E-state index contributed by atoms with van der Waals surface area (Å²) in [6.45, 7) is 3.18. The highest BCUT2D eigenvalue weighted by Crippen LogP contribution is 2.19. The average molecular weight is 210 g/mol. The molecule has 2 aliphatic rings. The minimum absolute atomic E-state index is 0.0575. The number of carbonyl (C=O) groups excluding carboxylic acids is 2. The molecular formula is C10H14N2O3. The summed E-state index contributed by atoms with van der Waals surface area (Å²) < 4.78 is 5.14. The topological polar surface area (TPSA) is 59.0 Å². The van der Waals surface area contributed by atoms with Crippen LogP contribution >= 0.6 is 0 Å². The molecule has 0 N–H and O–H groups in total. The van der Waals surface area contributed by atoms with Gasteiger partial charge in [-0.1, -0.05) is 0 Å². The number of likely N-dealkylation sites (tertiary alicyclic amines) is 1. The van der Waals surface area contributed by atoms with E-state index >= 15 is 0 Å². The molecule has 0 spiro atoms. The van der Waals surface area contributed by atoms with Crippen LogP contribution in [0.3, 0.4) is 0 Å². The van der Waals surface area contributed by atoms with Crippen LogP contribution in [0.1, 0.15) is 19.8 Å². The molecule has 5 heteroatoms. The van der Waals surface area contributed by atoms with E-state index in [1.807, 2.05) is 4.90 Å². The first-order chi connectivity index (χ1) is 7.16. The van der Waals surface area contributed by atoms with Crippen LogP contribution in [0, 0.1) is 5.92 Å². The van der Waals surface area contributed by atoms with Crippen LogP contribution in [0.5, 0.6) is 0 Å². The maximum Gasteiger partial charge on any atom is 0.295 e. The first kappa shape index (κ1) is 10.1. The fourth-order valence-corrected chi connectivity index (χ4v) is 1.94. The van der Waals surface area contributed by atoms with Gasteiger partial charge in [-0.2, -0.15) is 4.99 Å². The maximum atomic E-state index is 11.1. The molecular weight excluding hydrogens is 196 g/mol. The van der Waals surface area contributed by atoms with Gasteiger partial charge in [-0.3, -0.25) is 9.59 Å². The van der Waals surface area contributed by atoms with Gasteiger partial charge in [-0.25, -0.2) is 0 Å². The van der Waals surface area contributed by atoms with Gasteiger partial charge in [0.1, 0.15) is 5.78 Å². The van der Waals surface area contributed by atoms with E-state index in [1.165, 1.54) is 0 Å². The zero-order valence-corrected chi connectivity index (χ0v) is 8.73. The zero-order valence-electron chi connectivity index (χ0n) is 8.73. The summed E-state index contributed by atoms with van der Waals surface area (Å²) in [6.07, 6.45) is 1.65. The molecule has 2 aliphatic heterocycles. The highest BCUT2D eigenvalue weighted by atomic mass is 16.5. The van der Waals surface area contributed by atoms with Gasteiger partial charge in [0.2, 0.25) is 0 Å². The van der Waals surface area contributed by atoms with Crippen LogP contribution in [-0.2, 0) is 14.3 Å². The Morgan fingerprint density at radius 3 is 2.60 bits per heavy atom. The molecule has 0 aromatic carbocycles. The van der Waals surface area contributed by atoms with Gasteiger partial charge in [-0.15, -0.1) is 0 Å². The minimum Gasteiger partial charge on any atom is -0.455 e. The lowest BCUT2D eigenvalue weighted by molar-refractivity contribution is -0.121. The number of amides is 1. The van der Waals surface area contributed by atoms with Crippen molar-refractivity contribution in [1.29, 1.82) is 0 Å². The number of amidine groups is 1. The molecule has 0 bridgehead atoms. The van der Waals surface area contributed by atoms with Crippen molar-refractivity contribution in [2.45, 2.75) is 19.8 Å². The van der Waals surface area contributed by atoms with Crippen LogP contribution in [0.25, 0.3) is 0 Å². The number of Topliss-reactive ketones (excluding diaryl/α,β-unsaturated/α-hetero) is 1. The number of nitrogens with zero attached hydrogens (tertiary/aromatic N) is 2. The number of aliphatic imine (C=N–C) groups is 1. The molecule has 0 aliphatic carbocycles. The Bertz CT molecular complexity index is 317. The predicted molar refractivity (Wildman–Crippen MR) is 53.4 cm³/mol. The summed E-state index contributed by atoms with van der Waals surface area (Å²) in [6, 6.07) is 0.432. The second-order valence-corrected chi connectivity index (χ2v) is 3.95. The Hall–Kier alpha value is -1.39. The van der Waals surface area contributed by atoms with E-state index in [-0.39, 0.29) is 24.2 Å². The van der Waals surface area contributed by atoms with Gasteiger partial charge >= 0.3 is 0 Å². The lowest BCUT2D eigenvalue weighted by Crippen LogP contribution is -2.40. The fourth-order valence-electron chi connectivity index (χ4n) is 1.94. The zero-order chi connectivity index (χ0) is 10.8. The molecule has 2 heterocycles. The van der Waals surface area contributed by atoms with Gasteiger partial charge in [0.25, 0.3) is 11.9 Å². The molecule has 0 aromatic rings. The van der Waals surface area contributed by atoms with E-state index in [4.69, 9.17) is 4.74 Å². The quantitative estimate of drug-likeness (QED) is 0.620. The van der Waals surface area contributed by atoms with Crippen LogP contribution in [0.2, 0.25) is 0 Å². The molecule has 82 valence electrons. The van der Waals surface area contributed by atoms with Gasteiger partial charge in [0.15, 0.2) is 6.61 Å². The monoisotopic (exact) mass is 210 g/mol. The number of piperidine rings is 1. The predicted octanol–water partition coefficient (Wildman–Crippen LogP) is 0.200. The van der Waals surface area contributed by atoms with Crippen LogP contribution in [-0.4, -0.2) is 42.3 Å². The molecule has 1 amide bonds. The Morgan fingerprint density at radius 2 is 2.13 bits per heavy atom. The Labute approximate surface area is 88.1 Å². The van der Waals surface area contributed by atoms with Crippen molar-refractivity contribution < 1.29 is 14.3 Å². The van der Waals surface area contributed by atoms with Crippen molar-refractivity contribution in [3.8, 4) is 0 Å². The van der Waals surface area contributed by atoms with E-state index in [2.05, 4.69) is 4.99 Å². The number of hydrogen-bond acceptors (Lipinski definition) is 4. The summed E-state index contributed by atoms with van der Waals surface area (Å²) >= 11 is 0. The second-order valence-electron chi connectivity index (χ2n) is 3.95. The van der Waals surface area contributed by atoms with E-state index in [1.54, 1.807) is 6.92 Å². The number of ether oxygens (including phenoxy) is 1. The molecule has 15 heavy (non-hydrogen) atoms. The second kappa shape index (κ2) is 4.00. The van der Waals surface area contributed by atoms with E-state index in [0.29, 0.717) is 6.02 Å². The normalized spacial score (nSPS) is 22.6. The third-order valence-corrected chi connectivity index (χ3v) is 2.89. The highest BCUT2D eigenvalue weighted by Gasteiger charge is 2.27. The summed E-state index contributed by atoms with van der Waals surface area (Å²) in [5, 5.41) is 0. The number of carbonyl (C=O) groups is 2. The smallest absolute Gasteiger partial charge is 0.295 e. The van der Waals surface area contributed by atoms with Crippen LogP contribution in [0.15, 0.2) is 4.99 Å². The molecule has 0 radical (unpaired) electrons. The highest BCUT2D eigenvalue weighted by molar-refractivity contribution is 5.96. The van der Waals surface area contributed by atoms with Crippen LogP contribution < -0.4 is 0 Å². The molecule has 1 fully saturated rings.